The topological polar surface area (TPSA) is 81.4 Å². The van der Waals surface area contributed by atoms with Crippen LogP contribution in [0.5, 0.6) is 0 Å². The van der Waals surface area contributed by atoms with Crippen molar-refractivity contribution >= 4 is 17.6 Å². The average molecular weight is 249 g/mol. The maximum absolute atomic E-state index is 4.19. The van der Waals surface area contributed by atoms with Crippen LogP contribution in [-0.4, -0.2) is 37.2 Å². The van der Waals surface area contributed by atoms with Gasteiger partial charge in [-0.25, -0.2) is 14.6 Å². The maximum Gasteiger partial charge on any atom is 0.215 e. The molecule has 3 rings (SSSR count). The molecule has 0 aliphatic heterocycles. The van der Waals surface area contributed by atoms with Gasteiger partial charge >= 0.3 is 0 Å². The third-order valence-electron chi connectivity index (χ3n) is 2.45. The predicted octanol–water partition coefficient (Wildman–Crippen LogP) is 0.991. The van der Waals surface area contributed by atoms with Gasteiger partial charge < -0.3 is 5.32 Å². The average Bonchev–Trinajstić information content (AvgIpc) is 3.11. The van der Waals surface area contributed by atoms with Gasteiger partial charge in [0.1, 0.15) is 17.2 Å². The second-order valence-corrected chi connectivity index (χ2v) is 4.72. The van der Waals surface area contributed by atoms with Crippen molar-refractivity contribution < 1.29 is 0 Å². The normalized spacial score (nSPS) is 14.9. The molecule has 8 heteroatoms. The summed E-state index contributed by atoms with van der Waals surface area (Å²) in [6.07, 6.45) is 3.84. The number of tetrazole rings is 1. The van der Waals surface area contributed by atoms with Crippen LogP contribution in [-0.2, 0) is 0 Å². The summed E-state index contributed by atoms with van der Waals surface area (Å²) < 4.78 is 1.87. The zero-order chi connectivity index (χ0) is 11.7. The summed E-state index contributed by atoms with van der Waals surface area (Å²) in [5, 5.41) is 16.3. The van der Waals surface area contributed by atoms with E-state index in [1.54, 1.807) is 0 Å². The summed E-state index contributed by atoms with van der Waals surface area (Å²) >= 11 is 1.45. The van der Waals surface area contributed by atoms with Crippen molar-refractivity contribution in [2.45, 2.75) is 29.1 Å². The van der Waals surface area contributed by atoms with E-state index < -0.39 is 0 Å². The molecular formula is C9H11N7S. The highest BCUT2D eigenvalue weighted by Gasteiger charge is 2.28. The van der Waals surface area contributed by atoms with Crippen molar-refractivity contribution in [2.75, 3.05) is 12.4 Å². The van der Waals surface area contributed by atoms with Crippen LogP contribution < -0.4 is 5.32 Å². The first-order valence-electron chi connectivity index (χ1n) is 5.32. The maximum atomic E-state index is 4.19. The zero-order valence-corrected chi connectivity index (χ0v) is 10.1. The smallest absolute Gasteiger partial charge is 0.215 e. The number of aromatic nitrogens is 6. The molecule has 0 aromatic carbocycles. The van der Waals surface area contributed by atoms with Gasteiger partial charge in [0.25, 0.3) is 0 Å². The first-order valence-corrected chi connectivity index (χ1v) is 6.14. The third-order valence-corrected chi connectivity index (χ3v) is 3.33. The molecule has 0 saturated heterocycles. The first-order chi connectivity index (χ1) is 8.36. The van der Waals surface area contributed by atoms with Gasteiger partial charge in [0.15, 0.2) is 0 Å². The van der Waals surface area contributed by atoms with Crippen LogP contribution in [0.3, 0.4) is 0 Å². The van der Waals surface area contributed by atoms with E-state index in [-0.39, 0.29) is 0 Å². The molecule has 2 heterocycles. The van der Waals surface area contributed by atoms with Crippen LogP contribution in [0.15, 0.2) is 22.6 Å². The molecule has 88 valence electrons. The van der Waals surface area contributed by atoms with Crippen LogP contribution in [0.25, 0.3) is 0 Å². The largest absolute Gasteiger partial charge is 0.373 e. The molecular weight excluding hydrogens is 238 g/mol. The van der Waals surface area contributed by atoms with Gasteiger partial charge in [-0.15, -0.1) is 5.10 Å². The van der Waals surface area contributed by atoms with Gasteiger partial charge in [-0.05, 0) is 35.0 Å². The van der Waals surface area contributed by atoms with Gasteiger partial charge in [0.2, 0.25) is 5.16 Å². The van der Waals surface area contributed by atoms with E-state index >= 15 is 0 Å². The Balaban J connectivity index is 1.83. The van der Waals surface area contributed by atoms with Gasteiger partial charge in [-0.1, -0.05) is 0 Å². The molecule has 0 bridgehead atoms. The van der Waals surface area contributed by atoms with Crippen LogP contribution in [0.4, 0.5) is 5.82 Å². The fourth-order valence-electron chi connectivity index (χ4n) is 1.43. The standard InChI is InChI=1S/C9H11N7S/c1-10-7-4-8(12-5-11-7)17-9-13-14-15-16(9)6-2-3-6/h4-6H,2-3H2,1H3,(H,10,11,12). The molecule has 2 aromatic heterocycles. The van der Waals surface area contributed by atoms with Gasteiger partial charge in [-0.2, -0.15) is 0 Å². The highest BCUT2D eigenvalue weighted by molar-refractivity contribution is 7.99. The van der Waals surface area contributed by atoms with Crippen LogP contribution in [0.2, 0.25) is 0 Å². The minimum absolute atomic E-state index is 0.470. The molecule has 7 nitrogen and oxygen atoms in total. The van der Waals surface area contributed by atoms with Crippen LogP contribution in [0.1, 0.15) is 18.9 Å². The van der Waals surface area contributed by atoms with Gasteiger partial charge in [-0.3, -0.25) is 0 Å². The van der Waals surface area contributed by atoms with E-state index in [1.165, 1.54) is 18.1 Å². The molecule has 1 aliphatic rings. The number of hydrogen-bond acceptors (Lipinski definition) is 7. The highest BCUT2D eigenvalue weighted by Crippen LogP contribution is 2.37. The summed E-state index contributed by atoms with van der Waals surface area (Å²) in [7, 11) is 1.82. The Labute approximate surface area is 102 Å². The SMILES string of the molecule is CNc1cc(Sc2nnnn2C2CC2)ncn1. The van der Waals surface area contributed by atoms with E-state index in [9.17, 15) is 0 Å². The summed E-state index contributed by atoms with van der Waals surface area (Å²) in [5.74, 6) is 0.785. The minimum Gasteiger partial charge on any atom is -0.373 e. The molecule has 2 aromatic rings. The molecule has 1 aliphatic carbocycles. The van der Waals surface area contributed by atoms with Crippen LogP contribution in [0, 0.1) is 0 Å². The summed E-state index contributed by atoms with van der Waals surface area (Å²) in [6.45, 7) is 0. The Hall–Kier alpha value is -1.70. The fourth-order valence-corrected chi connectivity index (χ4v) is 2.24. The lowest BCUT2D eigenvalue weighted by atomic mass is 10.6. The Morgan fingerprint density at radius 1 is 1.41 bits per heavy atom. The van der Waals surface area contributed by atoms with E-state index in [1.807, 2.05) is 17.8 Å². The number of nitrogens with one attached hydrogen (secondary N) is 1. The summed E-state index contributed by atoms with van der Waals surface area (Å²) in [5.41, 5.74) is 0. The molecule has 1 fully saturated rings. The fraction of sp³-hybridized carbons (Fsp3) is 0.444. The minimum atomic E-state index is 0.470. The monoisotopic (exact) mass is 249 g/mol. The van der Waals surface area contributed by atoms with Crippen molar-refractivity contribution in [1.29, 1.82) is 0 Å². The summed E-state index contributed by atoms with van der Waals surface area (Å²) in [4.78, 5) is 8.25. The van der Waals surface area contributed by atoms with Gasteiger partial charge in [0, 0.05) is 13.1 Å². The zero-order valence-electron chi connectivity index (χ0n) is 9.24. The van der Waals surface area contributed by atoms with E-state index in [4.69, 9.17) is 0 Å². The Kier molecular flexibility index (Phi) is 2.63. The highest BCUT2D eigenvalue weighted by atomic mass is 32.2. The molecule has 17 heavy (non-hydrogen) atoms. The van der Waals surface area contributed by atoms with Crippen molar-refractivity contribution in [3.8, 4) is 0 Å². The quantitative estimate of drug-likeness (QED) is 0.809. The lowest BCUT2D eigenvalue weighted by Gasteiger charge is -2.02. The lowest BCUT2D eigenvalue weighted by molar-refractivity contribution is 0.565. The predicted molar refractivity (Wildman–Crippen MR) is 61.8 cm³/mol. The number of hydrogen-bond donors (Lipinski definition) is 1. The summed E-state index contributed by atoms with van der Waals surface area (Å²) in [6, 6.07) is 2.34. The molecule has 0 radical (unpaired) electrons. The third kappa shape index (κ3) is 2.21. The van der Waals surface area contributed by atoms with E-state index in [0.717, 1.165) is 28.8 Å². The molecule has 0 atom stereocenters. The van der Waals surface area contributed by atoms with E-state index in [0.29, 0.717) is 6.04 Å². The lowest BCUT2D eigenvalue weighted by Crippen LogP contribution is -1.99. The molecule has 1 saturated carbocycles. The van der Waals surface area contributed by atoms with Crippen molar-refractivity contribution in [3.05, 3.63) is 12.4 Å². The van der Waals surface area contributed by atoms with Crippen molar-refractivity contribution in [1.82, 2.24) is 30.2 Å². The van der Waals surface area contributed by atoms with Crippen molar-refractivity contribution in [3.63, 3.8) is 0 Å². The number of anilines is 1. The molecule has 1 N–H and O–H groups in total. The first kappa shape index (κ1) is 10.5. The second-order valence-electron chi connectivity index (χ2n) is 3.73. The Morgan fingerprint density at radius 2 is 2.29 bits per heavy atom. The van der Waals surface area contributed by atoms with E-state index in [2.05, 4.69) is 30.8 Å². The second kappa shape index (κ2) is 4.28. The molecule has 0 unspecified atom stereocenters. The van der Waals surface area contributed by atoms with Crippen LogP contribution >= 0.6 is 11.8 Å². The molecule has 0 amide bonds. The number of nitrogens with zero attached hydrogens (tertiary/aromatic N) is 6. The number of rotatable bonds is 4. The Morgan fingerprint density at radius 3 is 3.06 bits per heavy atom. The van der Waals surface area contributed by atoms with Gasteiger partial charge in [0.05, 0.1) is 6.04 Å². The Bertz CT molecular complexity index is 522. The van der Waals surface area contributed by atoms with Crippen molar-refractivity contribution in [2.24, 2.45) is 0 Å². The molecule has 0 spiro atoms.